The summed E-state index contributed by atoms with van der Waals surface area (Å²) in [5, 5.41) is 28.6. The number of benzene rings is 2. The molecule has 0 amide bonds. The third kappa shape index (κ3) is 3.31. The van der Waals surface area contributed by atoms with Crippen LogP contribution in [0.15, 0.2) is 30.3 Å². The summed E-state index contributed by atoms with van der Waals surface area (Å²) in [5.74, 6) is 5.96. The molecule has 0 aliphatic carbocycles. The van der Waals surface area contributed by atoms with Crippen molar-refractivity contribution < 1.29 is 24.8 Å². The second kappa shape index (κ2) is 5.97. The van der Waals surface area contributed by atoms with Crippen molar-refractivity contribution in [2.24, 2.45) is 0 Å². The van der Waals surface area contributed by atoms with Crippen LogP contribution in [-0.2, 0) is 0 Å². The van der Waals surface area contributed by atoms with E-state index in [1.54, 1.807) is 6.07 Å². The smallest absolute Gasteiger partial charge is 0.203 e. The van der Waals surface area contributed by atoms with E-state index in [-0.39, 0.29) is 23.0 Å². The summed E-state index contributed by atoms with van der Waals surface area (Å²) in [4.78, 5) is 0. The summed E-state index contributed by atoms with van der Waals surface area (Å²) in [6.45, 7) is 0. The topological polar surface area (TPSA) is 79.2 Å². The van der Waals surface area contributed by atoms with Gasteiger partial charge in [-0.25, -0.2) is 0 Å². The van der Waals surface area contributed by atoms with Gasteiger partial charge in [-0.3, -0.25) is 0 Å². The van der Waals surface area contributed by atoms with E-state index in [9.17, 15) is 15.3 Å². The van der Waals surface area contributed by atoms with Crippen LogP contribution in [0.2, 0.25) is 0 Å². The van der Waals surface area contributed by atoms with Crippen LogP contribution in [0.25, 0.3) is 0 Å². The molecule has 21 heavy (non-hydrogen) atoms. The van der Waals surface area contributed by atoms with Crippen molar-refractivity contribution in [3.05, 3.63) is 41.5 Å². The molecule has 2 aromatic rings. The highest BCUT2D eigenvalue weighted by Crippen LogP contribution is 2.37. The molecule has 108 valence electrons. The summed E-state index contributed by atoms with van der Waals surface area (Å²) < 4.78 is 10.1. The van der Waals surface area contributed by atoms with Gasteiger partial charge in [0.05, 0.1) is 14.2 Å². The Morgan fingerprint density at radius 2 is 1.33 bits per heavy atom. The molecule has 0 fully saturated rings. The van der Waals surface area contributed by atoms with Crippen molar-refractivity contribution in [2.45, 2.75) is 0 Å². The van der Waals surface area contributed by atoms with Crippen molar-refractivity contribution >= 4 is 0 Å². The van der Waals surface area contributed by atoms with Crippen LogP contribution in [0.3, 0.4) is 0 Å². The number of rotatable bonds is 2. The molecule has 0 radical (unpaired) electrons. The molecule has 0 bridgehead atoms. The first-order valence-electron chi connectivity index (χ1n) is 6.03. The molecule has 0 aliphatic heterocycles. The zero-order valence-corrected chi connectivity index (χ0v) is 11.5. The summed E-state index contributed by atoms with van der Waals surface area (Å²) in [5.41, 5.74) is 0.953. The van der Waals surface area contributed by atoms with E-state index < -0.39 is 0 Å². The van der Waals surface area contributed by atoms with Gasteiger partial charge in [0, 0.05) is 17.2 Å². The highest BCUT2D eigenvalue weighted by atomic mass is 16.5. The highest BCUT2D eigenvalue weighted by Gasteiger charge is 2.10. The molecule has 0 saturated heterocycles. The number of phenolic OH excluding ortho intramolecular Hbond substituents is 3. The Labute approximate surface area is 122 Å². The lowest BCUT2D eigenvalue weighted by molar-refractivity contribution is 0.333. The number of phenols is 3. The average molecular weight is 286 g/mol. The Bertz CT molecular complexity index is 705. The van der Waals surface area contributed by atoms with Crippen LogP contribution in [0, 0.1) is 11.8 Å². The van der Waals surface area contributed by atoms with Crippen LogP contribution < -0.4 is 9.47 Å². The van der Waals surface area contributed by atoms with Crippen molar-refractivity contribution in [2.75, 3.05) is 14.2 Å². The van der Waals surface area contributed by atoms with E-state index in [1.807, 2.05) is 0 Å². The lowest BCUT2D eigenvalue weighted by atomic mass is 10.1. The van der Waals surface area contributed by atoms with Crippen molar-refractivity contribution in [1.29, 1.82) is 0 Å². The van der Waals surface area contributed by atoms with Gasteiger partial charge in [-0.05, 0) is 24.3 Å². The second-order valence-electron chi connectivity index (χ2n) is 4.22. The highest BCUT2D eigenvalue weighted by molar-refractivity contribution is 5.58. The van der Waals surface area contributed by atoms with E-state index in [4.69, 9.17) is 9.47 Å². The number of ether oxygens (including phenoxy) is 2. The first-order chi connectivity index (χ1) is 10.0. The van der Waals surface area contributed by atoms with Crippen molar-refractivity contribution in [3.8, 4) is 40.6 Å². The van der Waals surface area contributed by atoms with E-state index >= 15 is 0 Å². The van der Waals surface area contributed by atoms with E-state index in [1.165, 1.54) is 38.5 Å². The van der Waals surface area contributed by atoms with Gasteiger partial charge in [0.15, 0.2) is 11.5 Å². The fourth-order valence-corrected chi connectivity index (χ4v) is 1.83. The standard InChI is InChI=1S/C16H14O5/c1-20-15-8-11(7-14(19)16(15)21-2)4-3-10-5-12(17)9-13(18)6-10/h5-9,17-19H,1-2H3. The Hall–Kier alpha value is -3.00. The Morgan fingerprint density at radius 3 is 1.86 bits per heavy atom. The van der Waals surface area contributed by atoms with Gasteiger partial charge in [0.25, 0.3) is 0 Å². The van der Waals surface area contributed by atoms with Crippen LogP contribution in [-0.4, -0.2) is 29.5 Å². The zero-order valence-electron chi connectivity index (χ0n) is 11.5. The van der Waals surface area contributed by atoms with Gasteiger partial charge < -0.3 is 24.8 Å². The van der Waals surface area contributed by atoms with Crippen LogP contribution in [0.5, 0.6) is 28.7 Å². The normalized spacial score (nSPS) is 9.62. The molecule has 0 heterocycles. The summed E-state index contributed by atoms with van der Waals surface area (Å²) in [7, 11) is 2.89. The molecule has 3 N–H and O–H groups in total. The quantitative estimate of drug-likeness (QED) is 0.738. The summed E-state index contributed by atoms with van der Waals surface area (Å²) in [6, 6.07) is 7.12. The van der Waals surface area contributed by atoms with Gasteiger partial charge in [0.1, 0.15) is 11.5 Å². The van der Waals surface area contributed by atoms with Gasteiger partial charge in [-0.1, -0.05) is 11.8 Å². The van der Waals surface area contributed by atoms with E-state index in [0.717, 1.165) is 0 Å². The Kier molecular flexibility index (Phi) is 4.10. The minimum Gasteiger partial charge on any atom is -0.508 e. The lowest BCUT2D eigenvalue weighted by Gasteiger charge is -2.09. The maximum absolute atomic E-state index is 9.84. The third-order valence-corrected chi connectivity index (χ3v) is 2.71. The fraction of sp³-hybridized carbons (Fsp3) is 0.125. The summed E-state index contributed by atoms with van der Waals surface area (Å²) in [6.07, 6.45) is 0. The molecule has 0 aromatic heterocycles. The van der Waals surface area contributed by atoms with Crippen LogP contribution >= 0.6 is 0 Å². The Balaban J connectivity index is 2.41. The second-order valence-corrected chi connectivity index (χ2v) is 4.22. The number of hydrogen-bond donors (Lipinski definition) is 3. The van der Waals surface area contributed by atoms with Crippen LogP contribution in [0.4, 0.5) is 0 Å². The zero-order chi connectivity index (χ0) is 15.4. The minimum atomic E-state index is -0.0834. The maximum Gasteiger partial charge on any atom is 0.203 e. The molecule has 2 rings (SSSR count). The van der Waals surface area contributed by atoms with Crippen LogP contribution in [0.1, 0.15) is 11.1 Å². The fourth-order valence-electron chi connectivity index (χ4n) is 1.83. The predicted molar refractivity (Wildman–Crippen MR) is 77.0 cm³/mol. The van der Waals surface area contributed by atoms with Gasteiger partial charge >= 0.3 is 0 Å². The molecule has 0 saturated carbocycles. The Morgan fingerprint density at radius 1 is 0.762 bits per heavy atom. The molecule has 5 heteroatoms. The maximum atomic E-state index is 9.84. The monoisotopic (exact) mass is 286 g/mol. The molecule has 0 aliphatic rings. The molecule has 0 spiro atoms. The van der Waals surface area contributed by atoms with Gasteiger partial charge in [-0.15, -0.1) is 0 Å². The lowest BCUT2D eigenvalue weighted by Crippen LogP contribution is -1.92. The number of methoxy groups -OCH3 is 2. The van der Waals surface area contributed by atoms with Crippen molar-refractivity contribution in [3.63, 3.8) is 0 Å². The van der Waals surface area contributed by atoms with Crippen molar-refractivity contribution in [1.82, 2.24) is 0 Å². The minimum absolute atomic E-state index is 0.0746. The largest absolute Gasteiger partial charge is 0.508 e. The molecular weight excluding hydrogens is 272 g/mol. The third-order valence-electron chi connectivity index (χ3n) is 2.71. The molecular formula is C16H14O5. The first-order valence-corrected chi connectivity index (χ1v) is 6.03. The van der Waals surface area contributed by atoms with Gasteiger partial charge in [-0.2, -0.15) is 0 Å². The van der Waals surface area contributed by atoms with E-state index in [2.05, 4.69) is 11.8 Å². The first kappa shape index (κ1) is 14.4. The molecule has 0 unspecified atom stereocenters. The predicted octanol–water partition coefficient (Wildman–Crippen LogP) is 2.22. The average Bonchev–Trinajstić information content (AvgIpc) is 2.43. The summed E-state index contributed by atoms with van der Waals surface area (Å²) >= 11 is 0. The number of hydrogen-bond acceptors (Lipinski definition) is 5. The molecule has 0 atom stereocenters. The van der Waals surface area contributed by atoms with Gasteiger partial charge in [0.2, 0.25) is 5.75 Å². The van der Waals surface area contributed by atoms with E-state index in [0.29, 0.717) is 16.9 Å². The molecule has 2 aromatic carbocycles. The SMILES string of the molecule is COc1cc(C#Cc2cc(O)cc(O)c2)cc(O)c1OC. The molecule has 5 nitrogen and oxygen atoms in total. The number of aromatic hydroxyl groups is 3.